The van der Waals surface area contributed by atoms with Crippen molar-refractivity contribution in [2.75, 3.05) is 19.7 Å². The first-order chi connectivity index (χ1) is 18.9. The first-order valence-electron chi connectivity index (χ1n) is 13.9. The number of carbonyl (C=O) groups is 3. The average molecular weight is 556 g/mol. The van der Waals surface area contributed by atoms with Gasteiger partial charge >= 0.3 is 6.09 Å². The highest BCUT2D eigenvalue weighted by atomic mass is 16.6. The lowest BCUT2D eigenvalue weighted by molar-refractivity contribution is -0.143. The number of carbonyl (C=O) groups excluding carboxylic acids is 3. The number of unbranched alkanes of at least 4 members (excludes halogenated alkanes) is 2. The number of benzene rings is 2. The van der Waals surface area contributed by atoms with E-state index < -0.39 is 29.7 Å². The zero-order valence-corrected chi connectivity index (χ0v) is 24.6. The van der Waals surface area contributed by atoms with Crippen LogP contribution < -0.4 is 10.6 Å². The molecule has 0 spiro atoms. The Balaban J connectivity index is 2.53. The molecule has 0 aliphatic heterocycles. The molecule has 9 nitrogen and oxygen atoms in total. The van der Waals surface area contributed by atoms with Crippen LogP contribution in [0.5, 0.6) is 5.75 Å². The molecule has 0 saturated carbocycles. The van der Waals surface area contributed by atoms with Crippen molar-refractivity contribution >= 4 is 17.9 Å². The fourth-order valence-electron chi connectivity index (χ4n) is 4.38. The van der Waals surface area contributed by atoms with Crippen LogP contribution >= 0.6 is 0 Å². The molecule has 0 aliphatic carbocycles. The SMILES string of the molecule is CCCCCNC(=O)C(c1cc(C)ccc1C)N(CCO)C(=O)C(Cc1ccc(O)cc1)NC(=O)OC(C)(C)C. The summed E-state index contributed by atoms with van der Waals surface area (Å²) in [5.74, 6) is -0.821. The number of alkyl carbamates (subject to hydrolysis) is 1. The third kappa shape index (κ3) is 10.2. The van der Waals surface area contributed by atoms with Crippen LogP contribution in [0.2, 0.25) is 0 Å². The molecule has 2 aromatic rings. The van der Waals surface area contributed by atoms with Crippen LogP contribution in [0.1, 0.15) is 75.3 Å². The van der Waals surface area contributed by atoms with Crippen LogP contribution in [-0.2, 0) is 20.7 Å². The third-order valence-corrected chi connectivity index (χ3v) is 6.36. The Labute approximate surface area is 237 Å². The number of nitrogens with zero attached hydrogens (tertiary/aromatic N) is 1. The largest absolute Gasteiger partial charge is 0.508 e. The molecule has 2 aromatic carbocycles. The Bertz CT molecular complexity index is 1130. The number of phenols is 1. The molecule has 0 saturated heterocycles. The van der Waals surface area contributed by atoms with Gasteiger partial charge in [-0.3, -0.25) is 9.59 Å². The van der Waals surface area contributed by atoms with Gasteiger partial charge in [-0.25, -0.2) is 4.79 Å². The fraction of sp³-hybridized carbons (Fsp3) is 0.516. The Hall–Kier alpha value is -3.59. The molecule has 4 N–H and O–H groups in total. The van der Waals surface area contributed by atoms with Crippen molar-refractivity contribution in [3.05, 3.63) is 64.7 Å². The second-order valence-electron chi connectivity index (χ2n) is 11.1. The lowest BCUT2D eigenvalue weighted by Gasteiger charge is -2.35. The highest BCUT2D eigenvalue weighted by Gasteiger charge is 2.36. The molecule has 2 rings (SSSR count). The Morgan fingerprint density at radius 2 is 1.70 bits per heavy atom. The Morgan fingerprint density at radius 1 is 1.02 bits per heavy atom. The van der Waals surface area contributed by atoms with Gasteiger partial charge in [0.05, 0.1) is 6.61 Å². The molecule has 9 heteroatoms. The van der Waals surface area contributed by atoms with E-state index >= 15 is 0 Å². The van der Waals surface area contributed by atoms with Gasteiger partial charge in [0.25, 0.3) is 0 Å². The van der Waals surface area contributed by atoms with Gasteiger partial charge in [0, 0.05) is 19.5 Å². The van der Waals surface area contributed by atoms with E-state index in [0.717, 1.165) is 30.4 Å². The number of nitrogens with one attached hydrogen (secondary N) is 2. The normalized spacial score (nSPS) is 12.8. The van der Waals surface area contributed by atoms with Crippen molar-refractivity contribution in [1.82, 2.24) is 15.5 Å². The highest BCUT2D eigenvalue weighted by molar-refractivity contribution is 5.92. The number of aliphatic hydroxyl groups excluding tert-OH is 1. The minimum atomic E-state index is -1.11. The van der Waals surface area contributed by atoms with Gasteiger partial charge in [-0.2, -0.15) is 0 Å². The van der Waals surface area contributed by atoms with Gasteiger partial charge in [-0.1, -0.05) is 55.7 Å². The number of ether oxygens (including phenoxy) is 1. The van der Waals surface area contributed by atoms with Gasteiger partial charge < -0.3 is 30.5 Å². The van der Waals surface area contributed by atoms with E-state index in [9.17, 15) is 24.6 Å². The maximum Gasteiger partial charge on any atom is 0.408 e. The summed E-state index contributed by atoms with van der Waals surface area (Å²) in [5.41, 5.74) is 2.29. The Morgan fingerprint density at radius 3 is 2.30 bits per heavy atom. The van der Waals surface area contributed by atoms with Crippen molar-refractivity contribution in [2.45, 2.75) is 84.9 Å². The van der Waals surface area contributed by atoms with E-state index in [1.165, 1.54) is 17.0 Å². The number of rotatable bonds is 13. The van der Waals surface area contributed by atoms with Crippen molar-refractivity contribution in [2.24, 2.45) is 0 Å². The van der Waals surface area contributed by atoms with E-state index in [4.69, 9.17) is 4.74 Å². The molecule has 0 aliphatic rings. The summed E-state index contributed by atoms with van der Waals surface area (Å²) >= 11 is 0. The number of hydrogen-bond donors (Lipinski definition) is 4. The second kappa shape index (κ2) is 15.3. The van der Waals surface area contributed by atoms with E-state index in [0.29, 0.717) is 17.7 Å². The summed E-state index contributed by atoms with van der Waals surface area (Å²) in [6.07, 6.45) is 2.07. The first kappa shape index (κ1) is 32.6. The monoisotopic (exact) mass is 555 g/mol. The molecule has 0 aromatic heterocycles. The van der Waals surface area contributed by atoms with Crippen molar-refractivity contribution in [3.8, 4) is 5.75 Å². The van der Waals surface area contributed by atoms with Gasteiger partial charge in [0.15, 0.2) is 0 Å². The van der Waals surface area contributed by atoms with Crippen LogP contribution in [0.3, 0.4) is 0 Å². The maximum absolute atomic E-state index is 14.2. The number of phenolic OH excluding ortho intramolecular Hbond substituents is 1. The molecule has 40 heavy (non-hydrogen) atoms. The van der Waals surface area contributed by atoms with Gasteiger partial charge in [-0.15, -0.1) is 0 Å². The minimum Gasteiger partial charge on any atom is -0.508 e. The quantitative estimate of drug-likeness (QED) is 0.273. The van der Waals surface area contributed by atoms with Crippen molar-refractivity contribution < 1.29 is 29.3 Å². The standard InChI is InChI=1S/C31H45N3O6/c1-7-8-9-16-32-28(37)27(25-19-21(2)10-11-22(25)3)34(17-18-35)29(38)26(33-30(39)40-31(4,5)6)20-23-12-14-24(36)15-13-23/h10-15,19,26-27,35-36H,7-9,16-18,20H2,1-6H3,(H,32,37)(H,33,39). The first-order valence-corrected chi connectivity index (χ1v) is 13.9. The number of hydrogen-bond acceptors (Lipinski definition) is 6. The molecule has 0 bridgehead atoms. The molecular weight excluding hydrogens is 510 g/mol. The second-order valence-corrected chi connectivity index (χ2v) is 11.1. The highest BCUT2D eigenvalue weighted by Crippen LogP contribution is 2.27. The summed E-state index contributed by atoms with van der Waals surface area (Å²) in [4.78, 5) is 42.0. The van der Waals surface area contributed by atoms with Gasteiger partial charge in [-0.05, 0) is 69.9 Å². The lowest BCUT2D eigenvalue weighted by atomic mass is 9.95. The molecule has 3 amide bonds. The van der Waals surface area contributed by atoms with Crippen LogP contribution in [0.25, 0.3) is 0 Å². The summed E-state index contributed by atoms with van der Waals surface area (Å²) in [6.45, 7) is 11.0. The van der Waals surface area contributed by atoms with Crippen molar-refractivity contribution in [1.29, 1.82) is 0 Å². The summed E-state index contributed by atoms with van der Waals surface area (Å²) in [5, 5.41) is 25.4. The predicted molar refractivity (Wildman–Crippen MR) is 155 cm³/mol. The molecular formula is C31H45N3O6. The third-order valence-electron chi connectivity index (χ3n) is 6.36. The van der Waals surface area contributed by atoms with Gasteiger partial charge in [0.1, 0.15) is 23.4 Å². The summed E-state index contributed by atoms with van der Waals surface area (Å²) in [6, 6.07) is 9.89. The maximum atomic E-state index is 14.2. The predicted octanol–water partition coefficient (Wildman–Crippen LogP) is 4.31. The number of amides is 3. The number of aliphatic hydroxyl groups is 1. The van der Waals surface area contributed by atoms with Crippen LogP contribution in [0, 0.1) is 13.8 Å². The number of aromatic hydroxyl groups is 1. The molecule has 0 heterocycles. The van der Waals surface area contributed by atoms with E-state index in [2.05, 4.69) is 17.6 Å². The molecule has 0 fully saturated rings. The van der Waals surface area contributed by atoms with Crippen LogP contribution in [-0.4, -0.2) is 64.4 Å². The molecule has 2 atom stereocenters. The zero-order valence-electron chi connectivity index (χ0n) is 24.6. The van der Waals surface area contributed by atoms with E-state index in [1.807, 2.05) is 32.0 Å². The minimum absolute atomic E-state index is 0.0726. The van der Waals surface area contributed by atoms with Crippen molar-refractivity contribution in [3.63, 3.8) is 0 Å². The zero-order chi connectivity index (χ0) is 29.9. The topological polar surface area (TPSA) is 128 Å². The van der Waals surface area contributed by atoms with Gasteiger partial charge in [0.2, 0.25) is 11.8 Å². The van der Waals surface area contributed by atoms with Crippen LogP contribution in [0.15, 0.2) is 42.5 Å². The fourth-order valence-corrected chi connectivity index (χ4v) is 4.38. The summed E-state index contributed by atoms with van der Waals surface area (Å²) in [7, 11) is 0. The number of aryl methyl sites for hydroxylation is 2. The van der Waals surface area contributed by atoms with E-state index in [1.54, 1.807) is 32.9 Å². The average Bonchev–Trinajstić information content (AvgIpc) is 2.87. The molecule has 220 valence electrons. The van der Waals surface area contributed by atoms with E-state index in [-0.39, 0.29) is 31.2 Å². The Kier molecular flexibility index (Phi) is 12.4. The van der Waals surface area contributed by atoms with Crippen LogP contribution in [0.4, 0.5) is 4.79 Å². The summed E-state index contributed by atoms with van der Waals surface area (Å²) < 4.78 is 5.43. The molecule has 2 unspecified atom stereocenters. The molecule has 0 radical (unpaired) electrons. The smallest absolute Gasteiger partial charge is 0.408 e. The lowest BCUT2D eigenvalue weighted by Crippen LogP contribution is -2.54.